The lowest BCUT2D eigenvalue weighted by Crippen LogP contribution is -2.55. The highest BCUT2D eigenvalue weighted by atomic mass is 35.5. The molecule has 1 unspecified atom stereocenters. The monoisotopic (exact) mass is 337 g/mol. The Hall–Kier alpha value is -1.73. The highest BCUT2D eigenvalue weighted by Crippen LogP contribution is 2.51. The van der Waals surface area contributed by atoms with Crippen molar-refractivity contribution in [1.82, 2.24) is 4.98 Å². The van der Waals surface area contributed by atoms with Crippen molar-refractivity contribution in [3.05, 3.63) is 64.9 Å². The van der Waals surface area contributed by atoms with Gasteiger partial charge >= 0.3 is 12.1 Å². The number of hydrogen-bond donors (Lipinski definition) is 1. The standard InChI is InChI=1S/C14H9ClF5NO/c15-11-5-1-3-9(7-11)12(22,10-4-2-6-21-8-10)13(16,17)14(18,19)20/h1-8,22H. The van der Waals surface area contributed by atoms with Crippen LogP contribution in [0.25, 0.3) is 0 Å². The third kappa shape index (κ3) is 2.55. The average molecular weight is 338 g/mol. The quantitative estimate of drug-likeness (QED) is 0.853. The lowest BCUT2D eigenvalue weighted by molar-refractivity contribution is -0.336. The summed E-state index contributed by atoms with van der Waals surface area (Å²) in [5, 5.41) is 10.3. The second kappa shape index (κ2) is 5.48. The highest BCUT2D eigenvalue weighted by Gasteiger charge is 2.71. The van der Waals surface area contributed by atoms with E-state index in [-0.39, 0.29) is 5.02 Å². The molecule has 2 nitrogen and oxygen atoms in total. The third-order valence-electron chi connectivity index (χ3n) is 3.13. The van der Waals surface area contributed by atoms with Crippen molar-refractivity contribution in [3.8, 4) is 0 Å². The van der Waals surface area contributed by atoms with Gasteiger partial charge < -0.3 is 5.11 Å². The SMILES string of the molecule is OC(c1cccnc1)(c1cccc(Cl)c1)C(F)(F)C(F)(F)F. The van der Waals surface area contributed by atoms with Crippen molar-refractivity contribution in [2.24, 2.45) is 0 Å². The minimum Gasteiger partial charge on any atom is -0.374 e. The van der Waals surface area contributed by atoms with E-state index in [1.165, 1.54) is 18.3 Å². The van der Waals surface area contributed by atoms with Gasteiger partial charge in [-0.25, -0.2) is 0 Å². The molecule has 2 aromatic rings. The van der Waals surface area contributed by atoms with E-state index >= 15 is 0 Å². The van der Waals surface area contributed by atoms with Crippen molar-refractivity contribution in [2.75, 3.05) is 0 Å². The number of hydrogen-bond acceptors (Lipinski definition) is 2. The van der Waals surface area contributed by atoms with E-state index in [2.05, 4.69) is 4.98 Å². The first-order valence-electron chi connectivity index (χ1n) is 5.94. The molecule has 8 heteroatoms. The normalized spacial score (nSPS) is 15.4. The fourth-order valence-corrected chi connectivity index (χ4v) is 2.21. The summed E-state index contributed by atoms with van der Waals surface area (Å²) in [6.07, 6.45) is -4.03. The second-order valence-corrected chi connectivity index (χ2v) is 4.97. The number of rotatable bonds is 3. The Kier molecular flexibility index (Phi) is 4.14. The number of halogens is 6. The average Bonchev–Trinajstić information content (AvgIpc) is 2.46. The summed E-state index contributed by atoms with van der Waals surface area (Å²) in [5.74, 6) is -5.45. The van der Waals surface area contributed by atoms with Crippen LogP contribution in [0.15, 0.2) is 48.8 Å². The number of pyridine rings is 1. The van der Waals surface area contributed by atoms with Crippen LogP contribution in [-0.2, 0) is 5.60 Å². The van der Waals surface area contributed by atoms with Gasteiger partial charge in [-0.15, -0.1) is 0 Å². The van der Waals surface area contributed by atoms with Crippen molar-refractivity contribution < 1.29 is 27.1 Å². The summed E-state index contributed by atoms with van der Waals surface area (Å²) in [6.45, 7) is 0. The Morgan fingerprint density at radius 1 is 0.955 bits per heavy atom. The van der Waals surface area contributed by atoms with Crippen LogP contribution >= 0.6 is 11.6 Å². The van der Waals surface area contributed by atoms with E-state index < -0.39 is 28.8 Å². The summed E-state index contributed by atoms with van der Waals surface area (Å²) in [7, 11) is 0. The second-order valence-electron chi connectivity index (χ2n) is 4.53. The number of aliphatic hydroxyl groups is 1. The van der Waals surface area contributed by atoms with Gasteiger partial charge in [-0.1, -0.05) is 29.8 Å². The summed E-state index contributed by atoms with van der Waals surface area (Å²) in [5.41, 5.74) is -5.03. The molecule has 0 saturated carbocycles. The smallest absolute Gasteiger partial charge is 0.374 e. The van der Waals surface area contributed by atoms with Gasteiger partial charge in [0.1, 0.15) is 0 Å². The van der Waals surface area contributed by atoms with Crippen molar-refractivity contribution in [2.45, 2.75) is 17.7 Å². The molecule has 0 aliphatic rings. The van der Waals surface area contributed by atoms with Crippen LogP contribution in [0.4, 0.5) is 22.0 Å². The maximum atomic E-state index is 14.0. The predicted molar refractivity (Wildman–Crippen MR) is 69.7 cm³/mol. The lowest BCUT2D eigenvalue weighted by atomic mass is 9.81. The number of benzene rings is 1. The van der Waals surface area contributed by atoms with Crippen molar-refractivity contribution >= 4 is 11.6 Å². The van der Waals surface area contributed by atoms with Gasteiger partial charge in [0, 0.05) is 23.0 Å². The van der Waals surface area contributed by atoms with Gasteiger partial charge in [0.15, 0.2) is 5.60 Å². The van der Waals surface area contributed by atoms with Crippen LogP contribution < -0.4 is 0 Å². The van der Waals surface area contributed by atoms with Gasteiger partial charge in [0.05, 0.1) is 0 Å². The van der Waals surface area contributed by atoms with Crippen LogP contribution in [0.1, 0.15) is 11.1 Å². The summed E-state index contributed by atoms with van der Waals surface area (Å²) < 4.78 is 66.6. The highest BCUT2D eigenvalue weighted by molar-refractivity contribution is 6.30. The Morgan fingerprint density at radius 3 is 2.09 bits per heavy atom. The molecule has 1 aromatic heterocycles. The van der Waals surface area contributed by atoms with Crippen LogP contribution in [0.3, 0.4) is 0 Å². The van der Waals surface area contributed by atoms with Gasteiger partial charge in [0.25, 0.3) is 0 Å². The Bertz CT molecular complexity index is 662. The van der Waals surface area contributed by atoms with E-state index in [1.807, 2.05) is 0 Å². The van der Waals surface area contributed by atoms with Crippen molar-refractivity contribution in [3.63, 3.8) is 0 Å². The first kappa shape index (κ1) is 16.6. The summed E-state index contributed by atoms with van der Waals surface area (Å²) >= 11 is 5.65. The topological polar surface area (TPSA) is 33.1 Å². The number of alkyl halides is 5. The summed E-state index contributed by atoms with van der Waals surface area (Å²) in [4.78, 5) is 3.50. The van der Waals surface area contributed by atoms with Gasteiger partial charge in [-0.2, -0.15) is 22.0 Å². The Balaban J connectivity index is 2.76. The van der Waals surface area contributed by atoms with Crippen LogP contribution in [-0.4, -0.2) is 22.2 Å². The largest absolute Gasteiger partial charge is 0.457 e. The predicted octanol–water partition coefficient (Wildman–Crippen LogP) is 4.17. The zero-order chi connectivity index (χ0) is 16.6. The van der Waals surface area contributed by atoms with Gasteiger partial charge in [0.2, 0.25) is 0 Å². The third-order valence-corrected chi connectivity index (χ3v) is 3.37. The maximum absolute atomic E-state index is 14.0. The van der Waals surface area contributed by atoms with Crippen molar-refractivity contribution in [1.29, 1.82) is 0 Å². The molecule has 118 valence electrons. The first-order chi connectivity index (χ1) is 10.1. The lowest BCUT2D eigenvalue weighted by Gasteiger charge is -2.37. The minimum atomic E-state index is -5.97. The van der Waals surface area contributed by atoms with Crippen LogP contribution in [0.2, 0.25) is 5.02 Å². The fourth-order valence-electron chi connectivity index (χ4n) is 2.02. The van der Waals surface area contributed by atoms with Gasteiger partial charge in [-0.05, 0) is 23.8 Å². The molecule has 0 radical (unpaired) electrons. The van der Waals surface area contributed by atoms with Crippen LogP contribution in [0, 0.1) is 0 Å². The van der Waals surface area contributed by atoms with E-state index in [0.717, 1.165) is 30.5 Å². The molecule has 0 fully saturated rings. The molecule has 1 atom stereocenters. The number of aromatic nitrogens is 1. The molecule has 0 aliphatic carbocycles. The zero-order valence-corrected chi connectivity index (χ0v) is 11.5. The van der Waals surface area contributed by atoms with Gasteiger partial charge in [-0.3, -0.25) is 4.98 Å². The molecule has 22 heavy (non-hydrogen) atoms. The zero-order valence-electron chi connectivity index (χ0n) is 10.8. The van der Waals surface area contributed by atoms with Crippen LogP contribution in [0.5, 0.6) is 0 Å². The Labute approximate surface area is 127 Å². The molecule has 1 heterocycles. The molecular weight excluding hydrogens is 329 g/mol. The molecule has 0 saturated heterocycles. The molecule has 0 bridgehead atoms. The number of nitrogens with zero attached hydrogens (tertiary/aromatic N) is 1. The summed E-state index contributed by atoms with van der Waals surface area (Å²) in [6, 6.07) is 6.35. The Morgan fingerprint density at radius 2 is 1.59 bits per heavy atom. The maximum Gasteiger partial charge on any atom is 0.457 e. The van der Waals surface area contributed by atoms with E-state index in [9.17, 15) is 27.1 Å². The molecule has 0 spiro atoms. The first-order valence-corrected chi connectivity index (χ1v) is 6.32. The fraction of sp³-hybridized carbons (Fsp3) is 0.214. The van der Waals surface area contributed by atoms with E-state index in [4.69, 9.17) is 11.6 Å². The van der Waals surface area contributed by atoms with E-state index in [0.29, 0.717) is 0 Å². The molecule has 1 aromatic carbocycles. The molecule has 0 amide bonds. The molecule has 0 aliphatic heterocycles. The minimum absolute atomic E-state index is 0.0854. The molecular formula is C14H9ClF5NO. The molecule has 2 rings (SSSR count). The molecule has 1 N–H and O–H groups in total. The van der Waals surface area contributed by atoms with E-state index in [1.54, 1.807) is 0 Å².